The van der Waals surface area contributed by atoms with Crippen molar-refractivity contribution < 1.29 is 4.79 Å². The fourth-order valence-electron chi connectivity index (χ4n) is 2.92. The van der Waals surface area contributed by atoms with E-state index >= 15 is 0 Å². The second-order valence-corrected chi connectivity index (χ2v) is 6.19. The number of para-hydroxylation sites is 1. The van der Waals surface area contributed by atoms with Gasteiger partial charge in [-0.1, -0.05) is 30.2 Å². The number of aryl methyl sites for hydroxylation is 1. The zero-order chi connectivity index (χ0) is 14.7. The quantitative estimate of drug-likeness (QED) is 0.918. The lowest BCUT2D eigenvalue weighted by Gasteiger charge is -2.38. The highest BCUT2D eigenvalue weighted by Crippen LogP contribution is 2.26. The van der Waals surface area contributed by atoms with Gasteiger partial charge in [-0.15, -0.1) is 0 Å². The average molecular weight is 295 g/mol. The van der Waals surface area contributed by atoms with Gasteiger partial charge in [0.05, 0.1) is 17.3 Å². The Bertz CT molecular complexity index is 459. The number of hydrogen-bond acceptors (Lipinski definition) is 2. The molecule has 0 bridgehead atoms. The van der Waals surface area contributed by atoms with E-state index < -0.39 is 0 Å². The number of likely N-dealkylation sites (tertiary alicyclic amines) is 1. The van der Waals surface area contributed by atoms with Crippen LogP contribution < -0.4 is 5.32 Å². The van der Waals surface area contributed by atoms with Gasteiger partial charge < -0.3 is 5.32 Å². The van der Waals surface area contributed by atoms with Crippen molar-refractivity contribution in [3.8, 4) is 0 Å². The summed E-state index contributed by atoms with van der Waals surface area (Å²) in [5.74, 6) is 0.0156. The first-order valence-corrected chi connectivity index (χ1v) is 7.67. The Labute approximate surface area is 126 Å². The van der Waals surface area contributed by atoms with Crippen molar-refractivity contribution in [3.63, 3.8) is 0 Å². The van der Waals surface area contributed by atoms with Crippen LogP contribution in [-0.4, -0.2) is 29.4 Å². The van der Waals surface area contributed by atoms with Gasteiger partial charge in [0.15, 0.2) is 0 Å². The summed E-state index contributed by atoms with van der Waals surface area (Å²) in [5, 5.41) is 3.55. The largest absolute Gasteiger partial charge is 0.323 e. The number of hydrogen-bond donors (Lipinski definition) is 1. The van der Waals surface area contributed by atoms with Crippen LogP contribution >= 0.6 is 11.6 Å². The number of rotatable bonds is 3. The molecule has 0 radical (unpaired) electrons. The van der Waals surface area contributed by atoms with E-state index in [1.807, 2.05) is 19.1 Å². The Morgan fingerprint density at radius 3 is 2.60 bits per heavy atom. The molecule has 1 amide bonds. The van der Waals surface area contributed by atoms with E-state index in [2.05, 4.69) is 24.1 Å². The Balaban J connectivity index is 2.02. The Hall–Kier alpha value is -1.06. The summed E-state index contributed by atoms with van der Waals surface area (Å²) in [6.45, 7) is 6.79. The van der Waals surface area contributed by atoms with Gasteiger partial charge in [0.25, 0.3) is 0 Å². The number of nitrogens with one attached hydrogen (secondary N) is 1. The van der Waals surface area contributed by atoms with Crippen molar-refractivity contribution in [2.24, 2.45) is 0 Å². The van der Waals surface area contributed by atoms with Gasteiger partial charge in [-0.2, -0.15) is 0 Å². The number of carbonyl (C=O) groups is 1. The van der Waals surface area contributed by atoms with Crippen molar-refractivity contribution in [2.75, 3.05) is 11.9 Å². The van der Waals surface area contributed by atoms with Crippen molar-refractivity contribution in [3.05, 3.63) is 28.8 Å². The van der Waals surface area contributed by atoms with E-state index in [1.54, 1.807) is 6.07 Å². The van der Waals surface area contributed by atoms with Crippen LogP contribution in [0.4, 0.5) is 5.69 Å². The minimum absolute atomic E-state index is 0.0156. The molecule has 2 atom stereocenters. The van der Waals surface area contributed by atoms with E-state index in [9.17, 15) is 4.79 Å². The van der Waals surface area contributed by atoms with Crippen LogP contribution in [0.5, 0.6) is 0 Å². The van der Waals surface area contributed by atoms with Crippen LogP contribution in [0.1, 0.15) is 38.7 Å². The second-order valence-electron chi connectivity index (χ2n) is 5.78. The van der Waals surface area contributed by atoms with Crippen molar-refractivity contribution in [1.82, 2.24) is 4.90 Å². The number of carbonyl (C=O) groups excluding carboxylic acids is 1. The van der Waals surface area contributed by atoms with Crippen LogP contribution in [0, 0.1) is 6.92 Å². The number of piperidine rings is 1. The van der Waals surface area contributed by atoms with E-state index in [4.69, 9.17) is 11.6 Å². The number of anilines is 1. The summed E-state index contributed by atoms with van der Waals surface area (Å²) >= 11 is 6.15. The standard InChI is InChI=1S/C16H23ClN2O/c1-11-6-4-9-14(17)16(11)18-15(20)10-19-12(2)7-5-8-13(19)3/h4,6,9,12-13H,5,7-8,10H2,1-3H3,(H,18,20)/t12-,13-/m1/s1. The van der Waals surface area contributed by atoms with E-state index in [-0.39, 0.29) is 5.91 Å². The zero-order valence-corrected chi connectivity index (χ0v) is 13.2. The molecule has 1 aliphatic rings. The van der Waals surface area contributed by atoms with Gasteiger partial charge in [-0.3, -0.25) is 9.69 Å². The van der Waals surface area contributed by atoms with Crippen molar-refractivity contribution in [1.29, 1.82) is 0 Å². The second kappa shape index (κ2) is 6.59. The van der Waals surface area contributed by atoms with Crippen LogP contribution in [0.25, 0.3) is 0 Å². The van der Waals surface area contributed by atoms with Crippen molar-refractivity contribution in [2.45, 2.75) is 52.1 Å². The van der Waals surface area contributed by atoms with Gasteiger partial charge in [0.2, 0.25) is 5.91 Å². The Kier molecular flexibility index (Phi) is 5.06. The molecule has 0 saturated carbocycles. The van der Waals surface area contributed by atoms with Crippen LogP contribution in [0.2, 0.25) is 5.02 Å². The minimum atomic E-state index is 0.0156. The molecule has 4 heteroatoms. The highest BCUT2D eigenvalue weighted by atomic mass is 35.5. The maximum absolute atomic E-state index is 12.3. The highest BCUT2D eigenvalue weighted by molar-refractivity contribution is 6.33. The van der Waals surface area contributed by atoms with E-state index in [1.165, 1.54) is 19.3 Å². The lowest BCUT2D eigenvalue weighted by Crippen LogP contribution is -2.47. The number of nitrogens with zero attached hydrogens (tertiary/aromatic N) is 1. The van der Waals surface area contributed by atoms with Gasteiger partial charge in [-0.25, -0.2) is 0 Å². The maximum atomic E-state index is 12.3. The molecular formula is C16H23ClN2O. The maximum Gasteiger partial charge on any atom is 0.238 e. The molecule has 1 aromatic carbocycles. The molecule has 2 rings (SSSR count). The first kappa shape index (κ1) is 15.3. The first-order chi connectivity index (χ1) is 9.49. The van der Waals surface area contributed by atoms with Crippen LogP contribution in [0.15, 0.2) is 18.2 Å². The third-order valence-electron chi connectivity index (χ3n) is 4.19. The first-order valence-electron chi connectivity index (χ1n) is 7.29. The molecule has 0 spiro atoms. The molecule has 1 N–H and O–H groups in total. The molecular weight excluding hydrogens is 272 g/mol. The normalized spacial score (nSPS) is 23.6. The smallest absolute Gasteiger partial charge is 0.238 e. The van der Waals surface area contributed by atoms with Crippen LogP contribution in [0.3, 0.4) is 0 Å². The summed E-state index contributed by atoms with van der Waals surface area (Å²) in [7, 11) is 0. The number of amides is 1. The third-order valence-corrected chi connectivity index (χ3v) is 4.50. The molecule has 1 saturated heterocycles. The van der Waals surface area contributed by atoms with Gasteiger partial charge in [0.1, 0.15) is 0 Å². The third kappa shape index (κ3) is 3.53. The summed E-state index contributed by atoms with van der Waals surface area (Å²) in [6.07, 6.45) is 3.59. The lowest BCUT2D eigenvalue weighted by atomic mass is 9.97. The summed E-state index contributed by atoms with van der Waals surface area (Å²) in [4.78, 5) is 14.5. The zero-order valence-electron chi connectivity index (χ0n) is 12.4. The highest BCUT2D eigenvalue weighted by Gasteiger charge is 2.26. The summed E-state index contributed by atoms with van der Waals surface area (Å²) < 4.78 is 0. The monoisotopic (exact) mass is 294 g/mol. The summed E-state index contributed by atoms with van der Waals surface area (Å²) in [5.41, 5.74) is 1.72. The van der Waals surface area contributed by atoms with Gasteiger partial charge in [-0.05, 0) is 45.2 Å². The Morgan fingerprint density at radius 2 is 2.00 bits per heavy atom. The minimum Gasteiger partial charge on any atom is -0.323 e. The topological polar surface area (TPSA) is 32.3 Å². The predicted octanol–water partition coefficient (Wildman–Crippen LogP) is 3.85. The van der Waals surface area contributed by atoms with Gasteiger partial charge in [0, 0.05) is 12.1 Å². The molecule has 0 unspecified atom stereocenters. The molecule has 20 heavy (non-hydrogen) atoms. The number of halogens is 1. The van der Waals surface area contributed by atoms with Crippen LogP contribution in [-0.2, 0) is 4.79 Å². The fourth-order valence-corrected chi connectivity index (χ4v) is 3.19. The molecule has 3 nitrogen and oxygen atoms in total. The fraction of sp³-hybridized carbons (Fsp3) is 0.562. The molecule has 0 aromatic heterocycles. The Morgan fingerprint density at radius 1 is 1.35 bits per heavy atom. The molecule has 0 aliphatic carbocycles. The molecule has 1 fully saturated rings. The van der Waals surface area contributed by atoms with E-state index in [0.29, 0.717) is 23.7 Å². The predicted molar refractivity (Wildman–Crippen MR) is 84.3 cm³/mol. The van der Waals surface area contributed by atoms with Gasteiger partial charge >= 0.3 is 0 Å². The SMILES string of the molecule is Cc1cccc(Cl)c1NC(=O)CN1[C@H](C)CCC[C@H]1C. The lowest BCUT2D eigenvalue weighted by molar-refractivity contribution is -0.118. The van der Waals surface area contributed by atoms with E-state index in [0.717, 1.165) is 11.3 Å². The van der Waals surface area contributed by atoms with Crippen molar-refractivity contribution >= 4 is 23.2 Å². The average Bonchev–Trinajstić information content (AvgIpc) is 2.39. The molecule has 1 aliphatic heterocycles. The summed E-state index contributed by atoms with van der Waals surface area (Å²) in [6, 6.07) is 6.58. The molecule has 1 heterocycles. The molecule has 1 aromatic rings. The number of benzene rings is 1. The molecule has 110 valence electrons.